The van der Waals surface area contributed by atoms with E-state index in [-0.39, 0.29) is 11.0 Å². The van der Waals surface area contributed by atoms with Gasteiger partial charge < -0.3 is 0 Å². The summed E-state index contributed by atoms with van der Waals surface area (Å²) in [6, 6.07) is 14.3. The van der Waals surface area contributed by atoms with Gasteiger partial charge in [0.05, 0.1) is 5.25 Å². The van der Waals surface area contributed by atoms with E-state index in [9.17, 15) is 4.79 Å². The Morgan fingerprint density at radius 1 is 1.12 bits per heavy atom. The highest BCUT2D eigenvalue weighted by Gasteiger charge is 2.21. The number of aromatic amines is 1. The number of Topliss-reactive ketones (excluding diaryl/α,β-unsaturated/α-hetero) is 1. The number of carbonyl (C=O) groups excluding carboxylic acids is 1. The summed E-state index contributed by atoms with van der Waals surface area (Å²) in [7, 11) is 0. The molecule has 3 aromatic rings. The summed E-state index contributed by atoms with van der Waals surface area (Å²) < 4.78 is 0. The van der Waals surface area contributed by atoms with Gasteiger partial charge in [-0.1, -0.05) is 53.7 Å². The second kappa shape index (κ2) is 7.08. The fraction of sp³-hybridized carbons (Fsp3) is 0.286. The summed E-state index contributed by atoms with van der Waals surface area (Å²) in [5, 5.41) is 7.60. The van der Waals surface area contributed by atoms with E-state index in [1.54, 1.807) is 0 Å². The molecule has 0 amide bonds. The molecule has 4 nitrogen and oxygen atoms in total. The number of hydrogen-bond acceptors (Lipinski definition) is 4. The number of rotatable bonds is 5. The van der Waals surface area contributed by atoms with Gasteiger partial charge in [0, 0.05) is 11.1 Å². The highest BCUT2D eigenvalue weighted by Crippen LogP contribution is 2.27. The number of ketones is 1. The number of thioether (sulfide) groups is 1. The van der Waals surface area contributed by atoms with E-state index in [1.165, 1.54) is 34.9 Å². The Labute approximate surface area is 157 Å². The van der Waals surface area contributed by atoms with E-state index in [2.05, 4.69) is 34.2 Å². The summed E-state index contributed by atoms with van der Waals surface area (Å²) in [6.07, 6.45) is 3.40. The van der Waals surface area contributed by atoms with Crippen molar-refractivity contribution in [2.45, 2.75) is 43.5 Å². The molecular weight excluding hydrogens is 342 g/mol. The molecule has 1 aliphatic rings. The van der Waals surface area contributed by atoms with Gasteiger partial charge in [0.25, 0.3) is 0 Å². The predicted molar refractivity (Wildman–Crippen MR) is 105 cm³/mol. The Bertz CT molecular complexity index is 946. The van der Waals surface area contributed by atoms with Crippen molar-refractivity contribution < 1.29 is 4.79 Å². The first-order valence-electron chi connectivity index (χ1n) is 8.92. The first-order valence-corrected chi connectivity index (χ1v) is 9.80. The Balaban J connectivity index is 1.47. The van der Waals surface area contributed by atoms with Crippen LogP contribution in [-0.4, -0.2) is 26.2 Å². The molecule has 1 heterocycles. The number of aryl methyl sites for hydroxylation is 3. The fourth-order valence-electron chi connectivity index (χ4n) is 3.31. The lowest BCUT2D eigenvalue weighted by molar-refractivity contribution is 0.0994. The lowest BCUT2D eigenvalue weighted by Crippen LogP contribution is -2.14. The van der Waals surface area contributed by atoms with Crippen molar-refractivity contribution in [3.05, 3.63) is 64.7 Å². The van der Waals surface area contributed by atoms with E-state index >= 15 is 0 Å². The van der Waals surface area contributed by atoms with Crippen LogP contribution in [0.2, 0.25) is 0 Å². The number of nitrogens with one attached hydrogen (secondary N) is 1. The molecule has 0 bridgehead atoms. The second-order valence-corrected chi connectivity index (χ2v) is 8.10. The molecule has 1 aromatic heterocycles. The molecule has 132 valence electrons. The number of benzene rings is 2. The van der Waals surface area contributed by atoms with Crippen molar-refractivity contribution in [1.29, 1.82) is 0 Å². The molecule has 0 spiro atoms. The highest BCUT2D eigenvalue weighted by molar-refractivity contribution is 8.00. The van der Waals surface area contributed by atoms with Crippen LogP contribution in [0.1, 0.15) is 40.4 Å². The smallest absolute Gasteiger partial charge is 0.209 e. The molecule has 1 N–H and O–H groups in total. The zero-order chi connectivity index (χ0) is 18.1. The van der Waals surface area contributed by atoms with Crippen LogP contribution in [-0.2, 0) is 12.8 Å². The number of aromatic nitrogens is 3. The van der Waals surface area contributed by atoms with Gasteiger partial charge in [0.1, 0.15) is 0 Å². The Hall–Kier alpha value is -2.40. The average molecular weight is 363 g/mol. The lowest BCUT2D eigenvalue weighted by atomic mass is 10.0. The van der Waals surface area contributed by atoms with E-state index in [0.717, 1.165) is 29.8 Å². The van der Waals surface area contributed by atoms with Crippen LogP contribution < -0.4 is 0 Å². The van der Waals surface area contributed by atoms with Crippen LogP contribution in [0.4, 0.5) is 0 Å². The van der Waals surface area contributed by atoms with Gasteiger partial charge in [-0.15, -0.1) is 5.10 Å². The normalized spacial score (nSPS) is 14.2. The molecule has 0 saturated carbocycles. The lowest BCUT2D eigenvalue weighted by Gasteiger charge is -2.09. The maximum Gasteiger partial charge on any atom is 0.209 e. The monoisotopic (exact) mass is 363 g/mol. The Kier molecular flexibility index (Phi) is 4.64. The second-order valence-electron chi connectivity index (χ2n) is 6.79. The van der Waals surface area contributed by atoms with Gasteiger partial charge in [-0.05, 0) is 50.3 Å². The Morgan fingerprint density at radius 3 is 2.69 bits per heavy atom. The molecule has 0 fully saturated rings. The summed E-state index contributed by atoms with van der Waals surface area (Å²) in [4.78, 5) is 17.3. The summed E-state index contributed by atoms with van der Waals surface area (Å²) in [6.45, 7) is 3.97. The summed E-state index contributed by atoms with van der Waals surface area (Å²) in [5.74, 6) is 0.857. The quantitative estimate of drug-likeness (QED) is 0.530. The van der Waals surface area contributed by atoms with Crippen LogP contribution in [0.5, 0.6) is 0 Å². The molecule has 2 aromatic carbocycles. The minimum Gasteiger partial charge on any atom is -0.293 e. The molecule has 0 aliphatic heterocycles. The molecule has 0 unspecified atom stereocenters. The summed E-state index contributed by atoms with van der Waals surface area (Å²) >= 11 is 1.40. The van der Waals surface area contributed by atoms with Gasteiger partial charge in [-0.3, -0.25) is 9.89 Å². The molecule has 5 heteroatoms. The fourth-order valence-corrected chi connectivity index (χ4v) is 4.11. The number of hydrogen-bond donors (Lipinski definition) is 1. The minimum absolute atomic E-state index is 0.131. The van der Waals surface area contributed by atoms with Crippen molar-refractivity contribution in [3.63, 3.8) is 0 Å². The minimum atomic E-state index is -0.226. The molecule has 4 rings (SSSR count). The first kappa shape index (κ1) is 17.0. The van der Waals surface area contributed by atoms with Crippen LogP contribution in [0.3, 0.4) is 0 Å². The molecule has 26 heavy (non-hydrogen) atoms. The third-order valence-electron chi connectivity index (χ3n) is 4.82. The van der Waals surface area contributed by atoms with Gasteiger partial charge >= 0.3 is 0 Å². The predicted octanol–water partition coefficient (Wildman–Crippen LogP) is 4.63. The number of carbonyl (C=O) groups is 1. The topological polar surface area (TPSA) is 58.6 Å². The van der Waals surface area contributed by atoms with Crippen molar-refractivity contribution >= 4 is 17.5 Å². The van der Waals surface area contributed by atoms with Crippen molar-refractivity contribution in [3.8, 4) is 11.4 Å². The third kappa shape index (κ3) is 3.44. The van der Waals surface area contributed by atoms with Gasteiger partial charge in [0.2, 0.25) is 5.16 Å². The first-order chi connectivity index (χ1) is 12.6. The van der Waals surface area contributed by atoms with E-state index in [1.807, 2.05) is 37.3 Å². The van der Waals surface area contributed by atoms with E-state index in [0.29, 0.717) is 5.16 Å². The van der Waals surface area contributed by atoms with Crippen LogP contribution in [0.25, 0.3) is 11.4 Å². The van der Waals surface area contributed by atoms with E-state index < -0.39 is 0 Å². The largest absolute Gasteiger partial charge is 0.293 e. The van der Waals surface area contributed by atoms with Crippen molar-refractivity contribution in [2.24, 2.45) is 0 Å². The van der Waals surface area contributed by atoms with Gasteiger partial charge in [0.15, 0.2) is 11.6 Å². The number of H-pyrrole nitrogens is 1. The van der Waals surface area contributed by atoms with Crippen LogP contribution in [0, 0.1) is 6.92 Å². The number of nitrogens with zero attached hydrogens (tertiary/aromatic N) is 2. The zero-order valence-electron chi connectivity index (χ0n) is 15.0. The standard InChI is InChI=1S/C21H21N3OS/c1-13-6-8-16(9-7-13)20-22-21(24-23-20)26-14(2)19(25)18-11-10-15-4-3-5-17(15)12-18/h6-12,14H,3-5H2,1-2H3,(H,22,23,24)/t14-/m1/s1. The van der Waals surface area contributed by atoms with Crippen LogP contribution >= 0.6 is 11.8 Å². The van der Waals surface area contributed by atoms with Crippen molar-refractivity contribution in [1.82, 2.24) is 15.2 Å². The molecule has 0 radical (unpaired) electrons. The molecule has 1 atom stereocenters. The zero-order valence-corrected chi connectivity index (χ0v) is 15.8. The average Bonchev–Trinajstić information content (AvgIpc) is 3.30. The molecule has 0 saturated heterocycles. The third-order valence-corrected chi connectivity index (χ3v) is 5.79. The maximum absolute atomic E-state index is 12.8. The van der Waals surface area contributed by atoms with Gasteiger partial charge in [-0.2, -0.15) is 0 Å². The molecule has 1 aliphatic carbocycles. The van der Waals surface area contributed by atoms with Crippen molar-refractivity contribution in [2.75, 3.05) is 0 Å². The maximum atomic E-state index is 12.8. The highest BCUT2D eigenvalue weighted by atomic mass is 32.2. The summed E-state index contributed by atoms with van der Waals surface area (Å²) in [5.41, 5.74) is 5.70. The van der Waals surface area contributed by atoms with Crippen LogP contribution in [0.15, 0.2) is 47.6 Å². The molecular formula is C21H21N3OS. The Morgan fingerprint density at radius 2 is 1.88 bits per heavy atom. The van der Waals surface area contributed by atoms with E-state index in [4.69, 9.17) is 0 Å². The SMILES string of the molecule is Cc1ccc(-c2nc(S[C@H](C)C(=O)c3ccc4c(c3)CCC4)n[nH]2)cc1. The number of fused-ring (bicyclic) bond motifs is 1. The van der Waals surface area contributed by atoms with Gasteiger partial charge in [-0.25, -0.2) is 4.98 Å².